The van der Waals surface area contributed by atoms with Crippen molar-refractivity contribution in [3.63, 3.8) is 0 Å². The lowest BCUT2D eigenvalue weighted by Crippen LogP contribution is -2.23. The zero-order chi connectivity index (χ0) is 7.40. The molecule has 1 aliphatic rings. The Hall–Kier alpha value is -0.280. The lowest BCUT2D eigenvalue weighted by molar-refractivity contribution is -0.141. The average Bonchev–Trinajstić information content (AvgIpc) is 2.05. The topological polar surface area (TPSA) is 35.5 Å². The van der Waals surface area contributed by atoms with Crippen molar-refractivity contribution in [3.05, 3.63) is 0 Å². The maximum Gasteiger partial charge on any atom is 0.327 e. The normalized spacial score (nSPS) is 20.5. The maximum atomic E-state index is 10.8. The van der Waals surface area contributed by atoms with Crippen LogP contribution >= 0.6 is 11.9 Å². The maximum absolute atomic E-state index is 10.8. The first-order valence-corrected chi connectivity index (χ1v) is 3.55. The fourth-order valence-electron chi connectivity index (χ4n) is 0.996. The number of carbonyl (C=O) groups is 1. The van der Waals surface area contributed by atoms with Gasteiger partial charge in [0.2, 0.25) is 0 Å². The lowest BCUT2D eigenvalue weighted by Gasteiger charge is -2.18. The van der Waals surface area contributed by atoms with E-state index in [1.54, 1.807) is 0 Å². The smallest absolute Gasteiger partial charge is 0.327 e. The van der Waals surface area contributed by atoms with E-state index in [-0.39, 0.29) is 11.9 Å². The molecule has 1 rings (SSSR count). The third-order valence-corrected chi connectivity index (χ3v) is 1.78. The number of hydrogen-bond donors (Lipinski definition) is 0. The molecule has 0 aliphatic carbocycles. The van der Waals surface area contributed by atoms with Crippen LogP contribution in [0.4, 0.5) is 0 Å². The first-order valence-electron chi connectivity index (χ1n) is 3.25. The SMILES string of the molecule is O=C(OCl)C1CCOCC1. The molecule has 3 nitrogen and oxygen atoms in total. The van der Waals surface area contributed by atoms with E-state index in [1.165, 1.54) is 0 Å². The zero-order valence-electron chi connectivity index (χ0n) is 5.51. The molecule has 1 saturated heterocycles. The summed E-state index contributed by atoms with van der Waals surface area (Å²) < 4.78 is 9.11. The Balaban J connectivity index is 2.31. The first kappa shape index (κ1) is 7.82. The molecule has 10 heavy (non-hydrogen) atoms. The summed E-state index contributed by atoms with van der Waals surface area (Å²) in [5, 5.41) is 0. The van der Waals surface area contributed by atoms with Crippen molar-refractivity contribution in [3.8, 4) is 0 Å². The summed E-state index contributed by atoms with van der Waals surface area (Å²) in [7, 11) is 0. The molecule has 0 N–H and O–H groups in total. The van der Waals surface area contributed by atoms with Crippen LogP contribution in [0.5, 0.6) is 0 Å². The largest absolute Gasteiger partial charge is 0.381 e. The Morgan fingerprint density at radius 1 is 1.50 bits per heavy atom. The molecule has 0 atom stereocenters. The second-order valence-corrected chi connectivity index (χ2v) is 2.44. The van der Waals surface area contributed by atoms with Gasteiger partial charge in [-0.3, -0.25) is 4.79 Å². The number of ether oxygens (including phenoxy) is 1. The van der Waals surface area contributed by atoms with Crippen molar-refractivity contribution < 1.29 is 13.8 Å². The van der Waals surface area contributed by atoms with E-state index in [1.807, 2.05) is 0 Å². The zero-order valence-corrected chi connectivity index (χ0v) is 6.26. The molecule has 0 aromatic rings. The van der Waals surface area contributed by atoms with Crippen molar-refractivity contribution >= 4 is 17.8 Å². The van der Waals surface area contributed by atoms with Gasteiger partial charge in [-0.2, -0.15) is 0 Å². The molecule has 0 amide bonds. The number of hydrogen-bond acceptors (Lipinski definition) is 3. The van der Waals surface area contributed by atoms with E-state index in [0.717, 1.165) is 12.8 Å². The quantitative estimate of drug-likeness (QED) is 0.583. The number of rotatable bonds is 1. The van der Waals surface area contributed by atoms with Gasteiger partial charge in [-0.25, -0.2) is 0 Å². The van der Waals surface area contributed by atoms with E-state index in [2.05, 4.69) is 4.29 Å². The van der Waals surface area contributed by atoms with Gasteiger partial charge in [0.05, 0.1) is 5.92 Å². The van der Waals surface area contributed by atoms with Gasteiger partial charge in [0.1, 0.15) is 11.9 Å². The third-order valence-electron chi connectivity index (χ3n) is 1.63. The van der Waals surface area contributed by atoms with Crippen molar-refractivity contribution in [2.24, 2.45) is 5.92 Å². The van der Waals surface area contributed by atoms with E-state index < -0.39 is 0 Å². The molecule has 1 heterocycles. The predicted octanol–water partition coefficient (Wildman–Crippen LogP) is 1.11. The minimum atomic E-state index is -0.329. The molecule has 0 aromatic carbocycles. The van der Waals surface area contributed by atoms with Gasteiger partial charge in [-0.1, -0.05) is 0 Å². The van der Waals surface area contributed by atoms with E-state index in [0.29, 0.717) is 13.2 Å². The molecule has 0 spiro atoms. The molecule has 0 bridgehead atoms. The Morgan fingerprint density at radius 2 is 2.10 bits per heavy atom. The molecule has 1 fully saturated rings. The van der Waals surface area contributed by atoms with Crippen LogP contribution in [0.3, 0.4) is 0 Å². The van der Waals surface area contributed by atoms with Crippen LogP contribution in [0.2, 0.25) is 0 Å². The highest BCUT2D eigenvalue weighted by Crippen LogP contribution is 2.16. The van der Waals surface area contributed by atoms with Crippen LogP contribution in [-0.4, -0.2) is 19.2 Å². The average molecular weight is 165 g/mol. The van der Waals surface area contributed by atoms with Gasteiger partial charge in [0, 0.05) is 13.2 Å². The van der Waals surface area contributed by atoms with Crippen molar-refractivity contribution in [1.29, 1.82) is 0 Å². The summed E-state index contributed by atoms with van der Waals surface area (Å²) in [5.41, 5.74) is 0. The first-order chi connectivity index (χ1) is 4.84. The summed E-state index contributed by atoms with van der Waals surface area (Å²) in [4.78, 5) is 10.8. The monoisotopic (exact) mass is 164 g/mol. The van der Waals surface area contributed by atoms with Crippen molar-refractivity contribution in [2.45, 2.75) is 12.8 Å². The molecule has 0 unspecified atom stereocenters. The Morgan fingerprint density at radius 3 is 2.60 bits per heavy atom. The highest BCUT2D eigenvalue weighted by Gasteiger charge is 2.22. The fraction of sp³-hybridized carbons (Fsp3) is 0.833. The Kier molecular flexibility index (Phi) is 2.96. The number of carbonyl (C=O) groups excluding carboxylic acids is 1. The van der Waals surface area contributed by atoms with Gasteiger partial charge < -0.3 is 9.03 Å². The minimum Gasteiger partial charge on any atom is -0.381 e. The summed E-state index contributed by atoms with van der Waals surface area (Å²) in [6, 6.07) is 0. The van der Waals surface area contributed by atoms with Crippen LogP contribution in [0.15, 0.2) is 0 Å². The molecule has 58 valence electrons. The lowest BCUT2D eigenvalue weighted by atomic mass is 10.0. The van der Waals surface area contributed by atoms with Crippen LogP contribution in [0.25, 0.3) is 0 Å². The molecular formula is C6H9ClO3. The van der Waals surface area contributed by atoms with Crippen LogP contribution < -0.4 is 0 Å². The molecule has 0 saturated carbocycles. The summed E-state index contributed by atoms with van der Waals surface area (Å²) in [6.07, 6.45) is 1.46. The van der Waals surface area contributed by atoms with Crippen LogP contribution in [0, 0.1) is 5.92 Å². The molecule has 4 heteroatoms. The fourth-order valence-corrected chi connectivity index (χ4v) is 1.12. The number of halogens is 1. The Labute approximate surface area is 64.4 Å². The van der Waals surface area contributed by atoms with Gasteiger partial charge in [0.15, 0.2) is 0 Å². The third kappa shape index (κ3) is 1.85. The molecule has 0 radical (unpaired) electrons. The highest BCUT2D eigenvalue weighted by atomic mass is 35.5. The predicted molar refractivity (Wildman–Crippen MR) is 35.5 cm³/mol. The molecular weight excluding hydrogens is 156 g/mol. The van der Waals surface area contributed by atoms with Gasteiger partial charge in [0.25, 0.3) is 0 Å². The van der Waals surface area contributed by atoms with E-state index >= 15 is 0 Å². The summed E-state index contributed by atoms with van der Waals surface area (Å²) in [5.74, 6) is -0.379. The standard InChI is InChI=1S/C6H9ClO3/c7-10-6(8)5-1-3-9-4-2-5/h5H,1-4H2. The van der Waals surface area contributed by atoms with Crippen LogP contribution in [0.1, 0.15) is 12.8 Å². The van der Waals surface area contributed by atoms with Gasteiger partial charge >= 0.3 is 5.97 Å². The Bertz CT molecular complexity index is 120. The van der Waals surface area contributed by atoms with E-state index in [4.69, 9.17) is 16.6 Å². The molecule has 1 aliphatic heterocycles. The summed E-state index contributed by atoms with van der Waals surface area (Å²) >= 11 is 4.89. The van der Waals surface area contributed by atoms with Crippen molar-refractivity contribution in [2.75, 3.05) is 13.2 Å². The van der Waals surface area contributed by atoms with Crippen LogP contribution in [-0.2, 0) is 13.8 Å². The highest BCUT2D eigenvalue weighted by molar-refractivity contribution is 6.13. The van der Waals surface area contributed by atoms with E-state index in [9.17, 15) is 4.79 Å². The van der Waals surface area contributed by atoms with Gasteiger partial charge in [-0.15, -0.1) is 0 Å². The van der Waals surface area contributed by atoms with Crippen molar-refractivity contribution in [1.82, 2.24) is 0 Å². The minimum absolute atomic E-state index is 0.0498. The summed E-state index contributed by atoms with van der Waals surface area (Å²) in [6.45, 7) is 1.27. The molecule has 0 aromatic heterocycles. The van der Waals surface area contributed by atoms with Gasteiger partial charge in [-0.05, 0) is 12.8 Å². The second kappa shape index (κ2) is 3.78. The second-order valence-electron chi connectivity index (χ2n) is 2.28.